The summed E-state index contributed by atoms with van der Waals surface area (Å²) >= 11 is 2.96. The third-order valence-electron chi connectivity index (χ3n) is 5.19. The molecule has 0 saturated carbocycles. The fraction of sp³-hybridized carbons (Fsp3) is 0.240. The normalized spacial score (nSPS) is 12.0. The molecule has 0 saturated heterocycles. The molecule has 33 heavy (non-hydrogen) atoms. The highest BCUT2D eigenvalue weighted by Crippen LogP contribution is 2.35. The number of ether oxygens (including phenoxy) is 1. The number of hydrogen-bond acceptors (Lipinski definition) is 6. The predicted octanol–water partition coefficient (Wildman–Crippen LogP) is 6.25. The molecule has 2 aromatic carbocycles. The standard InChI is InChI=1S/C25H26N4O2S2/c1-16(2)18-10-5-6-11-19(18)26-24(30)17(3)33-25-28-27-23(22-14-9-15-32-22)29(25)20-12-7-8-13-21(20)31-4/h5-17H,1-4H3,(H,26,30). The van der Waals surface area contributed by atoms with E-state index in [1.54, 1.807) is 18.4 Å². The molecule has 0 spiro atoms. The quantitative estimate of drug-likeness (QED) is 0.303. The summed E-state index contributed by atoms with van der Waals surface area (Å²) in [5.41, 5.74) is 2.78. The number of anilines is 1. The molecule has 2 heterocycles. The molecule has 8 heteroatoms. The molecule has 0 bridgehead atoms. The number of benzene rings is 2. The Morgan fingerprint density at radius 2 is 1.79 bits per heavy atom. The van der Waals surface area contributed by atoms with Crippen molar-refractivity contribution in [3.63, 3.8) is 0 Å². The molecule has 2 aromatic heterocycles. The molecule has 1 amide bonds. The average Bonchev–Trinajstić information content (AvgIpc) is 3.49. The minimum atomic E-state index is -0.390. The third-order valence-corrected chi connectivity index (χ3v) is 7.10. The van der Waals surface area contributed by atoms with Crippen LogP contribution in [0.4, 0.5) is 5.69 Å². The van der Waals surface area contributed by atoms with Crippen LogP contribution in [0.5, 0.6) is 5.75 Å². The van der Waals surface area contributed by atoms with Gasteiger partial charge in [-0.05, 0) is 48.1 Å². The van der Waals surface area contributed by atoms with Gasteiger partial charge in [-0.15, -0.1) is 21.5 Å². The number of nitrogens with one attached hydrogen (secondary N) is 1. The van der Waals surface area contributed by atoms with E-state index in [1.165, 1.54) is 11.8 Å². The number of hydrogen-bond donors (Lipinski definition) is 1. The summed E-state index contributed by atoms with van der Waals surface area (Å²) in [7, 11) is 1.64. The zero-order chi connectivity index (χ0) is 23.4. The minimum Gasteiger partial charge on any atom is -0.495 e. The highest BCUT2D eigenvalue weighted by molar-refractivity contribution is 8.00. The number of para-hydroxylation sites is 3. The Hall–Kier alpha value is -3.10. The number of rotatable bonds is 8. The van der Waals surface area contributed by atoms with Gasteiger partial charge in [-0.1, -0.05) is 62.0 Å². The summed E-state index contributed by atoms with van der Waals surface area (Å²) in [6.07, 6.45) is 0. The molecule has 1 unspecified atom stereocenters. The monoisotopic (exact) mass is 478 g/mol. The maximum Gasteiger partial charge on any atom is 0.237 e. The van der Waals surface area contributed by atoms with E-state index in [-0.39, 0.29) is 11.2 Å². The van der Waals surface area contributed by atoms with E-state index < -0.39 is 0 Å². The van der Waals surface area contributed by atoms with Gasteiger partial charge in [-0.25, -0.2) is 0 Å². The Morgan fingerprint density at radius 1 is 1.03 bits per heavy atom. The zero-order valence-corrected chi connectivity index (χ0v) is 20.6. The molecule has 1 N–H and O–H groups in total. The van der Waals surface area contributed by atoms with Crippen molar-refractivity contribution in [2.45, 2.75) is 37.1 Å². The number of thioether (sulfide) groups is 1. The van der Waals surface area contributed by atoms with Gasteiger partial charge in [0.15, 0.2) is 11.0 Å². The molecule has 0 aliphatic rings. The second-order valence-corrected chi connectivity index (χ2v) is 10.0. The largest absolute Gasteiger partial charge is 0.495 e. The van der Waals surface area contributed by atoms with Crippen molar-refractivity contribution < 1.29 is 9.53 Å². The first-order valence-corrected chi connectivity index (χ1v) is 12.4. The lowest BCUT2D eigenvalue weighted by Crippen LogP contribution is -2.23. The fourth-order valence-electron chi connectivity index (χ4n) is 3.50. The molecule has 0 fully saturated rings. The number of nitrogens with zero attached hydrogens (tertiary/aromatic N) is 3. The Kier molecular flexibility index (Phi) is 7.15. The van der Waals surface area contributed by atoms with Gasteiger partial charge >= 0.3 is 0 Å². The lowest BCUT2D eigenvalue weighted by Gasteiger charge is -2.17. The molecule has 0 radical (unpaired) electrons. The first-order valence-electron chi connectivity index (χ1n) is 10.7. The molecule has 4 rings (SSSR count). The van der Waals surface area contributed by atoms with E-state index in [9.17, 15) is 4.79 Å². The van der Waals surface area contributed by atoms with Crippen LogP contribution in [0.15, 0.2) is 71.2 Å². The summed E-state index contributed by atoms with van der Waals surface area (Å²) in [5, 5.41) is 14.2. The highest BCUT2D eigenvalue weighted by atomic mass is 32.2. The maximum absolute atomic E-state index is 13.1. The number of thiophene rings is 1. The first-order chi connectivity index (χ1) is 16.0. The Bertz CT molecular complexity index is 1230. The van der Waals surface area contributed by atoms with E-state index in [0.29, 0.717) is 16.8 Å². The van der Waals surface area contributed by atoms with Crippen LogP contribution in [0.3, 0.4) is 0 Å². The van der Waals surface area contributed by atoms with Crippen LogP contribution in [-0.4, -0.2) is 33.0 Å². The van der Waals surface area contributed by atoms with Crippen LogP contribution in [0.25, 0.3) is 16.4 Å². The topological polar surface area (TPSA) is 69.0 Å². The predicted molar refractivity (Wildman–Crippen MR) is 136 cm³/mol. The van der Waals surface area contributed by atoms with E-state index in [1.807, 2.05) is 77.5 Å². The van der Waals surface area contributed by atoms with Gasteiger partial charge < -0.3 is 10.1 Å². The number of aromatic nitrogens is 3. The highest BCUT2D eigenvalue weighted by Gasteiger charge is 2.24. The van der Waals surface area contributed by atoms with Crippen LogP contribution in [0, 0.1) is 0 Å². The number of amides is 1. The fourth-order valence-corrected chi connectivity index (χ4v) is 5.06. The summed E-state index contributed by atoms with van der Waals surface area (Å²) in [6, 6.07) is 19.6. The third kappa shape index (κ3) is 4.96. The number of methoxy groups -OCH3 is 1. The molecule has 170 valence electrons. The number of carbonyl (C=O) groups is 1. The number of carbonyl (C=O) groups excluding carboxylic acids is 1. The van der Waals surface area contributed by atoms with Gasteiger partial charge in [0.25, 0.3) is 0 Å². The smallest absolute Gasteiger partial charge is 0.237 e. The van der Waals surface area contributed by atoms with Crippen molar-refractivity contribution in [2.75, 3.05) is 12.4 Å². The van der Waals surface area contributed by atoms with Gasteiger partial charge in [0, 0.05) is 5.69 Å². The van der Waals surface area contributed by atoms with Crippen molar-refractivity contribution in [1.29, 1.82) is 0 Å². The molecule has 6 nitrogen and oxygen atoms in total. The SMILES string of the molecule is COc1ccccc1-n1c(SC(C)C(=O)Nc2ccccc2C(C)C)nnc1-c1cccs1. The van der Waals surface area contributed by atoms with E-state index in [4.69, 9.17) is 4.74 Å². The lowest BCUT2D eigenvalue weighted by molar-refractivity contribution is -0.115. The van der Waals surface area contributed by atoms with E-state index >= 15 is 0 Å². The summed E-state index contributed by atoms with van der Waals surface area (Å²) in [4.78, 5) is 14.1. The Labute approximate surface area is 202 Å². The van der Waals surface area contributed by atoms with E-state index in [2.05, 4.69) is 29.4 Å². The maximum atomic E-state index is 13.1. The zero-order valence-electron chi connectivity index (χ0n) is 19.0. The van der Waals surface area contributed by atoms with Gasteiger partial charge in [0.1, 0.15) is 5.75 Å². The van der Waals surface area contributed by atoms with Crippen molar-refractivity contribution in [3.05, 3.63) is 71.6 Å². The van der Waals surface area contributed by atoms with Gasteiger partial charge in [-0.2, -0.15) is 0 Å². The average molecular weight is 479 g/mol. The molecule has 1 atom stereocenters. The van der Waals surface area contributed by atoms with Crippen molar-refractivity contribution >= 4 is 34.7 Å². The molecule has 4 aromatic rings. The van der Waals surface area contributed by atoms with E-state index in [0.717, 1.165) is 27.6 Å². The van der Waals surface area contributed by atoms with Crippen molar-refractivity contribution in [3.8, 4) is 22.1 Å². The first kappa shape index (κ1) is 23.1. The second kappa shape index (κ2) is 10.2. The molecule has 0 aliphatic carbocycles. The molecular weight excluding hydrogens is 452 g/mol. The summed E-state index contributed by atoms with van der Waals surface area (Å²) in [5.74, 6) is 1.65. The lowest BCUT2D eigenvalue weighted by atomic mass is 10.0. The minimum absolute atomic E-state index is 0.0830. The van der Waals surface area contributed by atoms with Crippen LogP contribution < -0.4 is 10.1 Å². The van der Waals surface area contributed by atoms with Crippen molar-refractivity contribution in [1.82, 2.24) is 14.8 Å². The van der Waals surface area contributed by atoms with Crippen molar-refractivity contribution in [2.24, 2.45) is 0 Å². The molecule has 0 aliphatic heterocycles. The summed E-state index contributed by atoms with van der Waals surface area (Å²) < 4.78 is 7.56. The summed E-state index contributed by atoms with van der Waals surface area (Å²) in [6.45, 7) is 6.11. The van der Waals surface area contributed by atoms with Crippen LogP contribution >= 0.6 is 23.1 Å². The second-order valence-electron chi connectivity index (χ2n) is 7.78. The van der Waals surface area contributed by atoms with Gasteiger partial charge in [0.2, 0.25) is 5.91 Å². The van der Waals surface area contributed by atoms with Gasteiger partial charge in [0.05, 0.1) is 22.9 Å². The molecular formula is C25H26N4O2S2. The van der Waals surface area contributed by atoms with Crippen LogP contribution in [0.1, 0.15) is 32.3 Å². The van der Waals surface area contributed by atoms with Gasteiger partial charge in [-0.3, -0.25) is 9.36 Å². The Balaban J connectivity index is 1.65. The Morgan fingerprint density at radius 3 is 2.52 bits per heavy atom. The van der Waals surface area contributed by atoms with Crippen LogP contribution in [-0.2, 0) is 4.79 Å². The van der Waals surface area contributed by atoms with Crippen LogP contribution in [0.2, 0.25) is 0 Å².